The standard InChI is InChI=1S/C19H13F4NO/c1-11-14-9-13(20)7-8-16(14)24-17(11)15(12-5-3-2-4-6-12)10-18(24,25)19(21,22)23/h2-10,25H,1H3. The molecule has 2 aromatic carbocycles. The van der Waals surface area contributed by atoms with E-state index in [1.807, 2.05) is 0 Å². The van der Waals surface area contributed by atoms with Crippen LogP contribution in [0.3, 0.4) is 0 Å². The summed E-state index contributed by atoms with van der Waals surface area (Å²) in [6.45, 7) is 1.63. The van der Waals surface area contributed by atoms with Crippen LogP contribution < -0.4 is 0 Å². The smallest absolute Gasteiger partial charge is 0.360 e. The predicted molar refractivity (Wildman–Crippen MR) is 86.4 cm³/mol. The number of aliphatic hydroxyl groups is 1. The van der Waals surface area contributed by atoms with Gasteiger partial charge < -0.3 is 9.67 Å². The van der Waals surface area contributed by atoms with E-state index in [0.29, 0.717) is 16.5 Å². The van der Waals surface area contributed by atoms with Crippen LogP contribution in [0.5, 0.6) is 0 Å². The Kier molecular flexibility index (Phi) is 3.15. The number of aromatic nitrogens is 1. The van der Waals surface area contributed by atoms with Crippen molar-refractivity contribution in [2.24, 2.45) is 0 Å². The first kappa shape index (κ1) is 15.9. The molecule has 0 bridgehead atoms. The molecule has 0 aliphatic carbocycles. The van der Waals surface area contributed by atoms with Crippen LogP contribution in [0.4, 0.5) is 17.6 Å². The first-order chi connectivity index (χ1) is 11.7. The summed E-state index contributed by atoms with van der Waals surface area (Å²) in [7, 11) is 0. The highest BCUT2D eigenvalue weighted by atomic mass is 19.4. The molecule has 4 rings (SSSR count). The van der Waals surface area contributed by atoms with E-state index < -0.39 is 17.7 Å². The van der Waals surface area contributed by atoms with Gasteiger partial charge in [0.25, 0.3) is 5.72 Å². The number of halogens is 4. The minimum atomic E-state index is -4.93. The lowest BCUT2D eigenvalue weighted by molar-refractivity contribution is -0.272. The molecule has 1 aromatic heterocycles. The maximum atomic E-state index is 13.7. The number of rotatable bonds is 1. The zero-order chi connectivity index (χ0) is 18.0. The number of aryl methyl sites for hydroxylation is 1. The zero-order valence-electron chi connectivity index (χ0n) is 13.1. The Bertz CT molecular complexity index is 1020. The Hall–Kier alpha value is -2.60. The van der Waals surface area contributed by atoms with Crippen LogP contribution in [-0.2, 0) is 5.72 Å². The SMILES string of the molecule is Cc1c2n(c3ccc(F)cc13)C(O)(C(F)(F)F)C=C2c1ccccc1. The van der Waals surface area contributed by atoms with Gasteiger partial charge in [0, 0.05) is 11.0 Å². The monoisotopic (exact) mass is 347 g/mol. The molecule has 1 aliphatic rings. The lowest BCUT2D eigenvalue weighted by atomic mass is 9.99. The van der Waals surface area contributed by atoms with Gasteiger partial charge in [-0.15, -0.1) is 0 Å². The van der Waals surface area contributed by atoms with Gasteiger partial charge in [-0.05, 0) is 42.3 Å². The van der Waals surface area contributed by atoms with Gasteiger partial charge in [0.1, 0.15) is 5.82 Å². The number of nitrogens with zero attached hydrogens (tertiary/aromatic N) is 1. The topological polar surface area (TPSA) is 25.2 Å². The van der Waals surface area contributed by atoms with Crippen LogP contribution in [0.2, 0.25) is 0 Å². The molecule has 0 saturated heterocycles. The van der Waals surface area contributed by atoms with Crippen molar-refractivity contribution in [3.05, 3.63) is 77.2 Å². The van der Waals surface area contributed by atoms with E-state index >= 15 is 0 Å². The first-order valence-electron chi connectivity index (χ1n) is 7.63. The van der Waals surface area contributed by atoms with E-state index in [4.69, 9.17) is 0 Å². The second kappa shape index (κ2) is 4.95. The van der Waals surface area contributed by atoms with Crippen LogP contribution in [-0.4, -0.2) is 15.8 Å². The summed E-state index contributed by atoms with van der Waals surface area (Å²) in [4.78, 5) is 0. The lowest BCUT2D eigenvalue weighted by Crippen LogP contribution is -2.44. The fourth-order valence-electron chi connectivity index (χ4n) is 3.48. The molecule has 3 aromatic rings. The maximum Gasteiger partial charge on any atom is 0.441 e. The Labute approximate surface area is 140 Å². The van der Waals surface area contributed by atoms with Crippen molar-refractivity contribution in [1.29, 1.82) is 0 Å². The van der Waals surface area contributed by atoms with Crippen LogP contribution in [0.25, 0.3) is 16.5 Å². The zero-order valence-corrected chi connectivity index (χ0v) is 13.1. The number of alkyl halides is 3. The van der Waals surface area contributed by atoms with Crippen LogP contribution in [0.15, 0.2) is 54.6 Å². The van der Waals surface area contributed by atoms with Crippen molar-refractivity contribution in [2.75, 3.05) is 0 Å². The molecule has 25 heavy (non-hydrogen) atoms. The van der Waals surface area contributed by atoms with Crippen molar-refractivity contribution in [3.63, 3.8) is 0 Å². The fourth-order valence-corrected chi connectivity index (χ4v) is 3.48. The molecule has 1 N–H and O–H groups in total. The minimum absolute atomic E-state index is 0.135. The number of fused-ring (bicyclic) bond motifs is 3. The molecule has 1 atom stereocenters. The highest BCUT2D eigenvalue weighted by molar-refractivity contribution is 5.95. The summed E-state index contributed by atoms with van der Waals surface area (Å²) in [5.41, 5.74) is -1.49. The summed E-state index contributed by atoms with van der Waals surface area (Å²) in [6, 6.07) is 12.1. The fraction of sp³-hybridized carbons (Fsp3) is 0.158. The number of benzene rings is 2. The molecule has 6 heteroatoms. The van der Waals surface area contributed by atoms with Crippen molar-refractivity contribution >= 4 is 16.5 Å². The van der Waals surface area contributed by atoms with E-state index in [9.17, 15) is 22.7 Å². The van der Waals surface area contributed by atoms with Gasteiger partial charge in [0.05, 0.1) is 11.2 Å². The largest absolute Gasteiger partial charge is 0.441 e. The van der Waals surface area contributed by atoms with Crippen LogP contribution in [0.1, 0.15) is 16.8 Å². The molecule has 1 aliphatic heterocycles. The van der Waals surface area contributed by atoms with Gasteiger partial charge in [-0.2, -0.15) is 13.2 Å². The Morgan fingerprint density at radius 3 is 2.36 bits per heavy atom. The van der Waals surface area contributed by atoms with Gasteiger partial charge in [-0.25, -0.2) is 4.39 Å². The summed E-state index contributed by atoms with van der Waals surface area (Å²) in [5.74, 6) is -0.541. The Morgan fingerprint density at radius 2 is 1.72 bits per heavy atom. The Morgan fingerprint density at radius 1 is 1.04 bits per heavy atom. The predicted octanol–water partition coefficient (Wildman–Crippen LogP) is 4.74. The molecule has 1 unspecified atom stereocenters. The molecular formula is C19H13F4NO. The van der Waals surface area contributed by atoms with Gasteiger partial charge in [-0.3, -0.25) is 0 Å². The van der Waals surface area contributed by atoms with Gasteiger partial charge >= 0.3 is 6.18 Å². The van der Waals surface area contributed by atoms with E-state index in [2.05, 4.69) is 0 Å². The highest BCUT2D eigenvalue weighted by Gasteiger charge is 2.58. The maximum absolute atomic E-state index is 13.7. The second-order valence-electron chi connectivity index (χ2n) is 6.12. The van der Waals surface area contributed by atoms with Gasteiger partial charge in [0.15, 0.2) is 0 Å². The molecule has 0 amide bonds. The third-order valence-electron chi connectivity index (χ3n) is 4.63. The van der Waals surface area contributed by atoms with Gasteiger partial charge in [0.2, 0.25) is 0 Å². The molecule has 0 fully saturated rings. The first-order valence-corrected chi connectivity index (χ1v) is 7.63. The van der Waals surface area contributed by atoms with Crippen LogP contribution >= 0.6 is 0 Å². The second-order valence-corrected chi connectivity index (χ2v) is 6.12. The molecule has 0 spiro atoms. The Balaban J connectivity index is 2.13. The summed E-state index contributed by atoms with van der Waals surface area (Å²) < 4.78 is 55.7. The number of hydrogen-bond donors (Lipinski definition) is 1. The minimum Gasteiger partial charge on any atom is -0.360 e. The van der Waals surface area contributed by atoms with Gasteiger partial charge in [-0.1, -0.05) is 30.3 Å². The van der Waals surface area contributed by atoms with E-state index in [0.717, 1.165) is 16.7 Å². The summed E-state index contributed by atoms with van der Waals surface area (Å²) in [6.07, 6.45) is -4.10. The van der Waals surface area contributed by atoms with Crippen molar-refractivity contribution in [1.82, 2.24) is 4.57 Å². The van der Waals surface area contributed by atoms with Crippen molar-refractivity contribution < 1.29 is 22.7 Å². The van der Waals surface area contributed by atoms with E-state index in [1.54, 1.807) is 37.3 Å². The molecule has 0 radical (unpaired) electrons. The van der Waals surface area contributed by atoms with Crippen molar-refractivity contribution in [3.8, 4) is 0 Å². The molecule has 2 nitrogen and oxygen atoms in total. The third kappa shape index (κ3) is 2.07. The van der Waals surface area contributed by atoms with Crippen LogP contribution in [0, 0.1) is 12.7 Å². The summed E-state index contributed by atoms with van der Waals surface area (Å²) >= 11 is 0. The highest BCUT2D eigenvalue weighted by Crippen LogP contribution is 2.50. The molecule has 2 heterocycles. The third-order valence-corrected chi connectivity index (χ3v) is 4.63. The molecule has 0 saturated carbocycles. The van der Waals surface area contributed by atoms with E-state index in [-0.39, 0.29) is 16.8 Å². The molecular weight excluding hydrogens is 334 g/mol. The normalized spacial score (nSPS) is 20.0. The number of hydrogen-bond acceptors (Lipinski definition) is 1. The quantitative estimate of drug-likeness (QED) is 0.632. The lowest BCUT2D eigenvalue weighted by Gasteiger charge is -2.27. The van der Waals surface area contributed by atoms with E-state index in [1.165, 1.54) is 12.1 Å². The average Bonchev–Trinajstić information content (AvgIpc) is 3.03. The summed E-state index contributed by atoms with van der Waals surface area (Å²) in [5, 5.41) is 10.9. The van der Waals surface area contributed by atoms with Crippen molar-refractivity contribution in [2.45, 2.75) is 18.8 Å². The average molecular weight is 347 g/mol. The molecule has 128 valence electrons.